The summed E-state index contributed by atoms with van der Waals surface area (Å²) in [6, 6.07) is 8.92. The normalized spacial score (nSPS) is 14.8. The Balaban J connectivity index is 2.71. The molecule has 1 rings (SSSR count). The van der Waals surface area contributed by atoms with Crippen LogP contribution in [0.4, 0.5) is 0 Å². The maximum absolute atomic E-state index is 12.0. The zero-order chi connectivity index (χ0) is 14.5. The molecule has 0 aromatic heterocycles. The Morgan fingerprint density at radius 2 is 1.89 bits per heavy atom. The number of aliphatic hydroxyl groups excluding tert-OH is 1. The molecule has 0 radical (unpaired) electrons. The third kappa shape index (κ3) is 4.35. The largest absolute Gasteiger partial charge is 0.456 e. The second kappa shape index (κ2) is 6.71. The van der Waals surface area contributed by atoms with Crippen molar-refractivity contribution in [3.05, 3.63) is 35.9 Å². The van der Waals surface area contributed by atoms with Crippen molar-refractivity contribution in [1.29, 1.82) is 0 Å². The van der Waals surface area contributed by atoms with E-state index in [1.54, 1.807) is 24.3 Å². The van der Waals surface area contributed by atoms with Crippen LogP contribution in [0.15, 0.2) is 30.3 Å². The fraction of sp³-hybridized carbons (Fsp3) is 0.562. The van der Waals surface area contributed by atoms with Gasteiger partial charge >= 0.3 is 5.97 Å². The SMILES string of the molecule is CCCC(O)C(C)C(C)(C)OC(=O)c1ccccc1. The summed E-state index contributed by atoms with van der Waals surface area (Å²) in [5.41, 5.74) is -0.158. The number of hydrogen-bond donors (Lipinski definition) is 1. The summed E-state index contributed by atoms with van der Waals surface area (Å²) >= 11 is 0. The lowest BCUT2D eigenvalue weighted by molar-refractivity contribution is -0.0616. The van der Waals surface area contributed by atoms with E-state index in [2.05, 4.69) is 0 Å². The van der Waals surface area contributed by atoms with Crippen LogP contribution in [0.3, 0.4) is 0 Å². The third-order valence-corrected chi connectivity index (χ3v) is 3.62. The number of rotatable bonds is 6. The van der Waals surface area contributed by atoms with Gasteiger partial charge in [0.1, 0.15) is 5.60 Å². The van der Waals surface area contributed by atoms with Crippen LogP contribution in [0.1, 0.15) is 50.9 Å². The molecule has 0 aliphatic rings. The molecule has 0 saturated carbocycles. The Kier molecular flexibility index (Phi) is 5.55. The van der Waals surface area contributed by atoms with Crippen molar-refractivity contribution in [2.45, 2.75) is 52.2 Å². The second-order valence-electron chi connectivity index (χ2n) is 5.50. The van der Waals surface area contributed by atoms with Gasteiger partial charge in [0.05, 0.1) is 11.7 Å². The lowest BCUT2D eigenvalue weighted by atomic mass is 9.85. The number of esters is 1. The number of hydrogen-bond acceptors (Lipinski definition) is 3. The van der Waals surface area contributed by atoms with Gasteiger partial charge in [0.15, 0.2) is 0 Å². The van der Waals surface area contributed by atoms with E-state index in [9.17, 15) is 9.90 Å². The monoisotopic (exact) mass is 264 g/mol. The molecule has 1 aromatic rings. The minimum Gasteiger partial charge on any atom is -0.456 e. The smallest absolute Gasteiger partial charge is 0.338 e. The van der Waals surface area contributed by atoms with Crippen LogP contribution >= 0.6 is 0 Å². The van der Waals surface area contributed by atoms with E-state index in [-0.39, 0.29) is 11.9 Å². The lowest BCUT2D eigenvalue weighted by Crippen LogP contribution is -2.41. The lowest BCUT2D eigenvalue weighted by Gasteiger charge is -2.34. The highest BCUT2D eigenvalue weighted by molar-refractivity contribution is 5.89. The molecule has 1 N–H and O–H groups in total. The molecule has 19 heavy (non-hydrogen) atoms. The first-order valence-electron chi connectivity index (χ1n) is 6.85. The van der Waals surface area contributed by atoms with Crippen molar-refractivity contribution >= 4 is 5.97 Å². The predicted octanol–water partition coefficient (Wildman–Crippen LogP) is 3.42. The highest BCUT2D eigenvalue weighted by Crippen LogP contribution is 2.27. The van der Waals surface area contributed by atoms with Gasteiger partial charge in [-0.25, -0.2) is 4.79 Å². The molecule has 3 nitrogen and oxygen atoms in total. The zero-order valence-corrected chi connectivity index (χ0v) is 12.2. The Morgan fingerprint density at radius 1 is 1.32 bits per heavy atom. The van der Waals surface area contributed by atoms with Gasteiger partial charge in [0.25, 0.3) is 0 Å². The number of aliphatic hydroxyl groups is 1. The molecule has 0 heterocycles. The summed E-state index contributed by atoms with van der Waals surface area (Å²) in [5.74, 6) is -0.457. The minimum atomic E-state index is -0.693. The average Bonchev–Trinajstić information content (AvgIpc) is 2.38. The fourth-order valence-corrected chi connectivity index (χ4v) is 1.97. The topological polar surface area (TPSA) is 46.5 Å². The number of carbonyl (C=O) groups excluding carboxylic acids is 1. The van der Waals surface area contributed by atoms with Crippen molar-refractivity contribution in [2.24, 2.45) is 5.92 Å². The summed E-state index contributed by atoms with van der Waals surface area (Å²) in [4.78, 5) is 12.0. The minimum absolute atomic E-state index is 0.111. The first kappa shape index (κ1) is 15.7. The van der Waals surface area contributed by atoms with E-state index in [1.807, 2.05) is 33.8 Å². The molecule has 0 fully saturated rings. The van der Waals surface area contributed by atoms with E-state index in [4.69, 9.17) is 4.74 Å². The summed E-state index contributed by atoms with van der Waals surface area (Å²) in [5, 5.41) is 10.0. The Labute approximate surface area is 115 Å². The highest BCUT2D eigenvalue weighted by atomic mass is 16.6. The molecular formula is C16H24O3. The van der Waals surface area contributed by atoms with Crippen LogP contribution in [0.25, 0.3) is 0 Å². The van der Waals surface area contributed by atoms with Crippen molar-refractivity contribution in [2.75, 3.05) is 0 Å². The fourth-order valence-electron chi connectivity index (χ4n) is 1.97. The van der Waals surface area contributed by atoms with Crippen molar-refractivity contribution < 1.29 is 14.6 Å². The van der Waals surface area contributed by atoms with Gasteiger partial charge in [-0.05, 0) is 32.4 Å². The zero-order valence-electron chi connectivity index (χ0n) is 12.2. The van der Waals surface area contributed by atoms with E-state index < -0.39 is 11.7 Å². The van der Waals surface area contributed by atoms with Gasteiger partial charge in [-0.15, -0.1) is 0 Å². The van der Waals surface area contributed by atoms with Crippen molar-refractivity contribution in [3.63, 3.8) is 0 Å². The Bertz CT molecular complexity index is 398. The molecule has 2 unspecified atom stereocenters. The summed E-state index contributed by atoms with van der Waals surface area (Å²) in [7, 11) is 0. The molecule has 0 spiro atoms. The quantitative estimate of drug-likeness (QED) is 0.801. The molecule has 106 valence electrons. The molecule has 0 bridgehead atoms. The van der Waals surface area contributed by atoms with Gasteiger partial charge < -0.3 is 9.84 Å². The molecule has 3 heteroatoms. The molecule has 2 atom stereocenters. The van der Waals surface area contributed by atoms with E-state index >= 15 is 0 Å². The molecule has 0 amide bonds. The van der Waals surface area contributed by atoms with Gasteiger partial charge in [0.2, 0.25) is 0 Å². The Hall–Kier alpha value is -1.35. The van der Waals surface area contributed by atoms with Gasteiger partial charge in [-0.1, -0.05) is 38.5 Å². The Morgan fingerprint density at radius 3 is 2.42 bits per heavy atom. The second-order valence-corrected chi connectivity index (χ2v) is 5.50. The maximum Gasteiger partial charge on any atom is 0.338 e. The standard InChI is InChI=1S/C16H24O3/c1-5-9-14(17)12(2)16(3,4)19-15(18)13-10-7-6-8-11-13/h6-8,10-12,14,17H,5,9H2,1-4H3. The van der Waals surface area contributed by atoms with Crippen molar-refractivity contribution in [1.82, 2.24) is 0 Å². The molecule has 0 saturated heterocycles. The third-order valence-electron chi connectivity index (χ3n) is 3.62. The maximum atomic E-state index is 12.0. The van der Waals surface area contributed by atoms with Crippen LogP contribution in [-0.4, -0.2) is 22.8 Å². The predicted molar refractivity (Wildman–Crippen MR) is 76.0 cm³/mol. The van der Waals surface area contributed by atoms with Gasteiger partial charge in [0, 0.05) is 5.92 Å². The van der Waals surface area contributed by atoms with Crippen LogP contribution in [-0.2, 0) is 4.74 Å². The molecule has 0 aliphatic heterocycles. The van der Waals surface area contributed by atoms with Crippen LogP contribution in [0.5, 0.6) is 0 Å². The van der Waals surface area contributed by atoms with Gasteiger partial charge in [-0.3, -0.25) is 0 Å². The average molecular weight is 264 g/mol. The molecular weight excluding hydrogens is 240 g/mol. The van der Waals surface area contributed by atoms with Crippen molar-refractivity contribution in [3.8, 4) is 0 Å². The summed E-state index contributed by atoms with van der Waals surface area (Å²) in [6.45, 7) is 7.63. The van der Waals surface area contributed by atoms with Crippen LogP contribution in [0, 0.1) is 5.92 Å². The van der Waals surface area contributed by atoms with E-state index in [0.717, 1.165) is 6.42 Å². The summed E-state index contributed by atoms with van der Waals surface area (Å²) < 4.78 is 5.55. The highest BCUT2D eigenvalue weighted by Gasteiger charge is 2.34. The number of carbonyl (C=O) groups is 1. The summed E-state index contributed by atoms with van der Waals surface area (Å²) in [6.07, 6.45) is 1.17. The van der Waals surface area contributed by atoms with Crippen LogP contribution < -0.4 is 0 Å². The molecule has 0 aliphatic carbocycles. The number of benzene rings is 1. The molecule has 1 aromatic carbocycles. The van der Waals surface area contributed by atoms with E-state index in [0.29, 0.717) is 12.0 Å². The number of ether oxygens (including phenoxy) is 1. The first-order chi connectivity index (χ1) is 8.88. The van der Waals surface area contributed by atoms with Gasteiger partial charge in [-0.2, -0.15) is 0 Å². The van der Waals surface area contributed by atoms with E-state index in [1.165, 1.54) is 0 Å². The first-order valence-corrected chi connectivity index (χ1v) is 6.85. The van der Waals surface area contributed by atoms with Crippen LogP contribution in [0.2, 0.25) is 0 Å².